The van der Waals surface area contributed by atoms with E-state index < -0.39 is 0 Å². The summed E-state index contributed by atoms with van der Waals surface area (Å²) in [5.41, 5.74) is 8.20. The second-order valence-electron chi connectivity index (χ2n) is 4.88. The highest BCUT2D eigenvalue weighted by Gasteiger charge is 2.33. The molecule has 3 N–H and O–H groups in total. The Morgan fingerprint density at radius 1 is 1.00 bits per heavy atom. The van der Waals surface area contributed by atoms with Gasteiger partial charge in [0.1, 0.15) is 0 Å². The van der Waals surface area contributed by atoms with Crippen molar-refractivity contribution in [3.8, 4) is 0 Å². The van der Waals surface area contributed by atoms with Crippen molar-refractivity contribution in [2.75, 3.05) is 11.9 Å². The molecule has 0 aromatic heterocycles. The van der Waals surface area contributed by atoms with Gasteiger partial charge in [-0.15, -0.1) is 0 Å². The van der Waals surface area contributed by atoms with E-state index >= 15 is 0 Å². The third-order valence-corrected chi connectivity index (χ3v) is 3.52. The summed E-state index contributed by atoms with van der Waals surface area (Å²) >= 11 is 0. The molecule has 2 atom stereocenters. The Morgan fingerprint density at radius 2 is 1.65 bits per heavy atom. The van der Waals surface area contributed by atoms with Gasteiger partial charge in [0, 0.05) is 12.2 Å². The van der Waals surface area contributed by atoms with E-state index in [0.29, 0.717) is 6.54 Å². The van der Waals surface area contributed by atoms with Crippen molar-refractivity contribution in [3.63, 3.8) is 0 Å². The third kappa shape index (κ3) is 2.71. The normalized spacial score (nSPS) is 21.6. The molecule has 2 aromatic carbocycles. The monoisotopic (exact) mass is 267 g/mol. The van der Waals surface area contributed by atoms with Crippen LogP contribution in [0.25, 0.3) is 0 Å². The summed E-state index contributed by atoms with van der Waals surface area (Å²) in [6, 6.07) is 19.6. The van der Waals surface area contributed by atoms with Crippen LogP contribution in [-0.2, 0) is 4.79 Å². The molecule has 2 aromatic rings. The first kappa shape index (κ1) is 12.8. The van der Waals surface area contributed by atoms with Crippen LogP contribution in [0, 0.1) is 5.92 Å². The van der Waals surface area contributed by atoms with E-state index in [-0.39, 0.29) is 17.9 Å². The fraction of sp³-hybridized carbons (Fsp3) is 0.188. The lowest BCUT2D eigenvalue weighted by atomic mass is 9.94. The van der Waals surface area contributed by atoms with E-state index in [1.54, 1.807) is 0 Å². The Labute approximate surface area is 118 Å². The third-order valence-electron chi connectivity index (χ3n) is 3.52. The van der Waals surface area contributed by atoms with Crippen LogP contribution in [-0.4, -0.2) is 12.5 Å². The van der Waals surface area contributed by atoms with Crippen LogP contribution in [0.4, 0.5) is 5.69 Å². The maximum Gasteiger partial charge on any atom is 0.230 e. The van der Waals surface area contributed by atoms with Crippen molar-refractivity contribution < 1.29 is 4.79 Å². The number of benzene rings is 2. The number of amides is 1. The Balaban J connectivity index is 1.74. The smallest absolute Gasteiger partial charge is 0.230 e. The number of hydrazine groups is 1. The highest BCUT2D eigenvalue weighted by atomic mass is 16.2. The van der Waals surface area contributed by atoms with Gasteiger partial charge in [0.05, 0.1) is 12.0 Å². The Morgan fingerprint density at radius 3 is 2.35 bits per heavy atom. The summed E-state index contributed by atoms with van der Waals surface area (Å²) in [6.07, 6.45) is 0. The van der Waals surface area contributed by atoms with Crippen molar-refractivity contribution in [3.05, 3.63) is 66.2 Å². The van der Waals surface area contributed by atoms with Crippen molar-refractivity contribution in [1.82, 2.24) is 10.9 Å². The fourth-order valence-corrected chi connectivity index (χ4v) is 2.47. The van der Waals surface area contributed by atoms with Crippen LogP contribution < -0.4 is 16.2 Å². The summed E-state index contributed by atoms with van der Waals surface area (Å²) in [4.78, 5) is 12.4. The number of anilines is 1. The second kappa shape index (κ2) is 5.86. The molecule has 3 rings (SSSR count). The topological polar surface area (TPSA) is 53.2 Å². The molecule has 4 heteroatoms. The minimum absolute atomic E-state index is 0.0000813. The Bertz CT molecular complexity index is 571. The maximum atomic E-state index is 12.4. The van der Waals surface area contributed by atoms with E-state index in [2.05, 4.69) is 16.2 Å². The highest BCUT2D eigenvalue weighted by Crippen LogP contribution is 2.25. The lowest BCUT2D eigenvalue weighted by Gasteiger charge is -2.18. The minimum Gasteiger partial charge on any atom is -0.326 e. The zero-order chi connectivity index (χ0) is 13.8. The number of para-hydroxylation sites is 1. The second-order valence-corrected chi connectivity index (χ2v) is 4.88. The number of hydrogen-bond acceptors (Lipinski definition) is 3. The molecule has 1 heterocycles. The molecule has 0 saturated carbocycles. The number of carbonyl (C=O) groups excluding carboxylic acids is 1. The van der Waals surface area contributed by atoms with Gasteiger partial charge >= 0.3 is 0 Å². The molecule has 1 fully saturated rings. The molecule has 102 valence electrons. The number of carbonyl (C=O) groups is 1. The predicted molar refractivity (Wildman–Crippen MR) is 78.9 cm³/mol. The lowest BCUT2D eigenvalue weighted by Crippen LogP contribution is -2.29. The molecule has 0 radical (unpaired) electrons. The fourth-order valence-electron chi connectivity index (χ4n) is 2.47. The van der Waals surface area contributed by atoms with Gasteiger partial charge < -0.3 is 5.32 Å². The Hall–Kier alpha value is -2.17. The first-order chi connectivity index (χ1) is 9.84. The molecular formula is C16H17N3O. The zero-order valence-corrected chi connectivity index (χ0v) is 11.0. The molecule has 0 bridgehead atoms. The van der Waals surface area contributed by atoms with Crippen LogP contribution in [0.2, 0.25) is 0 Å². The van der Waals surface area contributed by atoms with Gasteiger partial charge in [0.2, 0.25) is 5.91 Å². The van der Waals surface area contributed by atoms with Crippen LogP contribution in [0.5, 0.6) is 0 Å². The molecule has 20 heavy (non-hydrogen) atoms. The molecule has 0 aliphatic carbocycles. The number of nitrogens with one attached hydrogen (secondary N) is 3. The average Bonchev–Trinajstić information content (AvgIpc) is 2.99. The van der Waals surface area contributed by atoms with Crippen molar-refractivity contribution in [2.24, 2.45) is 5.92 Å². The molecule has 1 saturated heterocycles. The summed E-state index contributed by atoms with van der Waals surface area (Å²) in [7, 11) is 0. The number of hydrogen-bond donors (Lipinski definition) is 3. The molecule has 1 aliphatic heterocycles. The van der Waals surface area contributed by atoms with Gasteiger partial charge in [-0.1, -0.05) is 48.5 Å². The zero-order valence-electron chi connectivity index (χ0n) is 11.0. The SMILES string of the molecule is O=C(Nc1ccccc1)C1CNNC1c1ccccc1. The van der Waals surface area contributed by atoms with Crippen LogP contribution >= 0.6 is 0 Å². The van der Waals surface area contributed by atoms with Gasteiger partial charge in [-0.05, 0) is 17.7 Å². The van der Waals surface area contributed by atoms with E-state index in [4.69, 9.17) is 0 Å². The van der Waals surface area contributed by atoms with Crippen molar-refractivity contribution in [1.29, 1.82) is 0 Å². The minimum atomic E-state index is -0.127. The Kier molecular flexibility index (Phi) is 3.76. The highest BCUT2D eigenvalue weighted by molar-refractivity contribution is 5.93. The summed E-state index contributed by atoms with van der Waals surface area (Å²) < 4.78 is 0. The molecule has 4 nitrogen and oxygen atoms in total. The van der Waals surface area contributed by atoms with Gasteiger partial charge in [0.15, 0.2) is 0 Å². The largest absolute Gasteiger partial charge is 0.326 e. The molecular weight excluding hydrogens is 250 g/mol. The molecule has 0 spiro atoms. The lowest BCUT2D eigenvalue weighted by molar-refractivity contribution is -0.119. The summed E-state index contributed by atoms with van der Waals surface area (Å²) in [6.45, 7) is 0.623. The van der Waals surface area contributed by atoms with Gasteiger partial charge in [0.25, 0.3) is 0 Å². The molecule has 1 amide bonds. The predicted octanol–water partition coefficient (Wildman–Crippen LogP) is 2.09. The average molecular weight is 267 g/mol. The molecule has 1 aliphatic rings. The van der Waals surface area contributed by atoms with E-state index in [1.807, 2.05) is 60.7 Å². The van der Waals surface area contributed by atoms with Crippen molar-refractivity contribution >= 4 is 11.6 Å². The van der Waals surface area contributed by atoms with Crippen LogP contribution in [0.3, 0.4) is 0 Å². The maximum absolute atomic E-state index is 12.4. The summed E-state index contributed by atoms with van der Waals surface area (Å²) in [5.74, 6) is -0.0971. The summed E-state index contributed by atoms with van der Waals surface area (Å²) in [5, 5.41) is 2.96. The van der Waals surface area contributed by atoms with Gasteiger partial charge in [-0.3, -0.25) is 10.2 Å². The first-order valence-electron chi connectivity index (χ1n) is 6.74. The van der Waals surface area contributed by atoms with Gasteiger partial charge in [-0.2, -0.15) is 0 Å². The number of rotatable bonds is 3. The van der Waals surface area contributed by atoms with E-state index in [1.165, 1.54) is 0 Å². The van der Waals surface area contributed by atoms with Crippen molar-refractivity contribution in [2.45, 2.75) is 6.04 Å². The van der Waals surface area contributed by atoms with Crippen LogP contribution in [0.1, 0.15) is 11.6 Å². The van der Waals surface area contributed by atoms with Gasteiger partial charge in [-0.25, -0.2) is 5.43 Å². The van der Waals surface area contributed by atoms with E-state index in [9.17, 15) is 4.79 Å². The first-order valence-corrected chi connectivity index (χ1v) is 6.74. The standard InChI is InChI=1S/C16H17N3O/c20-16(18-13-9-5-2-6-10-13)14-11-17-19-15(14)12-7-3-1-4-8-12/h1-10,14-15,17,19H,11H2,(H,18,20). The molecule has 2 unspecified atom stereocenters. The quantitative estimate of drug-likeness (QED) is 0.798. The van der Waals surface area contributed by atoms with Crippen LogP contribution in [0.15, 0.2) is 60.7 Å². The van der Waals surface area contributed by atoms with E-state index in [0.717, 1.165) is 11.3 Å².